The Balaban J connectivity index is 1.69. The Morgan fingerprint density at radius 1 is 1.03 bits per heavy atom. The predicted octanol–water partition coefficient (Wildman–Crippen LogP) is 3.92. The Labute approximate surface area is 197 Å². The van der Waals surface area contributed by atoms with E-state index >= 15 is 0 Å². The number of nitrogens with one attached hydrogen (secondary N) is 2. The Bertz CT molecular complexity index is 880. The highest BCUT2D eigenvalue weighted by atomic mass is 16.2. The number of benzene rings is 1. The van der Waals surface area contributed by atoms with Crippen molar-refractivity contribution in [1.29, 1.82) is 0 Å². The molecule has 4 N–H and O–H groups in total. The minimum Gasteiger partial charge on any atom is -0.354 e. The van der Waals surface area contributed by atoms with Crippen molar-refractivity contribution < 1.29 is 9.59 Å². The van der Waals surface area contributed by atoms with Crippen LogP contribution in [0.5, 0.6) is 0 Å². The highest BCUT2D eigenvalue weighted by Gasteiger charge is 2.36. The Morgan fingerprint density at radius 2 is 1.73 bits per heavy atom. The van der Waals surface area contributed by atoms with Gasteiger partial charge in [-0.25, -0.2) is 0 Å². The lowest BCUT2D eigenvalue weighted by Gasteiger charge is -2.37. The molecular weight excluding hydrogens is 412 g/mol. The minimum atomic E-state index is -0.527. The van der Waals surface area contributed by atoms with Crippen LogP contribution in [0.25, 0.3) is 0 Å². The summed E-state index contributed by atoms with van der Waals surface area (Å²) >= 11 is 0. The molecule has 3 rings (SSSR count). The van der Waals surface area contributed by atoms with Crippen LogP contribution in [-0.4, -0.2) is 29.4 Å². The number of hydrogen-bond acceptors (Lipinski definition) is 4. The van der Waals surface area contributed by atoms with Crippen LogP contribution in [0, 0.1) is 11.3 Å². The summed E-state index contributed by atoms with van der Waals surface area (Å²) in [5.74, 6) is -0.0365. The summed E-state index contributed by atoms with van der Waals surface area (Å²) in [4.78, 5) is 30.2. The van der Waals surface area contributed by atoms with E-state index in [1.165, 1.54) is 6.42 Å². The first-order chi connectivity index (χ1) is 15.9. The van der Waals surface area contributed by atoms with Crippen molar-refractivity contribution in [2.45, 2.75) is 70.9 Å². The van der Waals surface area contributed by atoms with Gasteiger partial charge in [-0.2, -0.15) is 0 Å². The fourth-order valence-electron chi connectivity index (χ4n) is 4.66. The molecule has 1 unspecified atom stereocenters. The fourth-order valence-corrected chi connectivity index (χ4v) is 4.66. The summed E-state index contributed by atoms with van der Waals surface area (Å²) in [6.07, 6.45) is 8.02. The van der Waals surface area contributed by atoms with Gasteiger partial charge in [-0.1, -0.05) is 69.5 Å². The third-order valence-electron chi connectivity index (χ3n) is 6.78. The molecule has 2 amide bonds. The third-order valence-corrected chi connectivity index (χ3v) is 6.78. The van der Waals surface area contributed by atoms with Crippen LogP contribution in [0.2, 0.25) is 0 Å². The van der Waals surface area contributed by atoms with Crippen molar-refractivity contribution in [3.8, 4) is 0 Å². The SMILES string of the molecule is CC(C)[C@H](N)C(=O)NCC1(CC(=O)NC(Cc2ccccn2)c2ccccc2)CCCCC1. The molecule has 33 heavy (non-hydrogen) atoms. The monoisotopic (exact) mass is 450 g/mol. The number of nitrogens with zero attached hydrogens (tertiary/aromatic N) is 1. The van der Waals surface area contributed by atoms with E-state index in [2.05, 4.69) is 15.6 Å². The smallest absolute Gasteiger partial charge is 0.237 e. The van der Waals surface area contributed by atoms with Gasteiger partial charge < -0.3 is 16.4 Å². The van der Waals surface area contributed by atoms with Gasteiger partial charge in [-0.05, 0) is 41.9 Å². The highest BCUT2D eigenvalue weighted by Crippen LogP contribution is 2.39. The molecule has 1 heterocycles. The number of aromatic nitrogens is 1. The molecule has 6 nitrogen and oxygen atoms in total. The van der Waals surface area contributed by atoms with E-state index in [0.717, 1.165) is 36.9 Å². The number of rotatable bonds is 10. The lowest BCUT2D eigenvalue weighted by molar-refractivity contribution is -0.127. The molecule has 2 atom stereocenters. The quantitative estimate of drug-likeness (QED) is 0.511. The lowest BCUT2D eigenvalue weighted by Crippen LogP contribution is -2.49. The molecule has 0 radical (unpaired) electrons. The maximum absolute atomic E-state index is 13.3. The van der Waals surface area contributed by atoms with Gasteiger partial charge in [0.25, 0.3) is 0 Å². The summed E-state index contributed by atoms with van der Waals surface area (Å²) in [7, 11) is 0. The fraction of sp³-hybridized carbons (Fsp3) is 0.519. The van der Waals surface area contributed by atoms with Gasteiger partial charge in [0.2, 0.25) is 11.8 Å². The van der Waals surface area contributed by atoms with E-state index in [1.54, 1.807) is 6.20 Å². The summed E-state index contributed by atoms with van der Waals surface area (Å²) in [6.45, 7) is 4.38. The van der Waals surface area contributed by atoms with Crippen molar-refractivity contribution in [3.05, 3.63) is 66.0 Å². The molecule has 1 aliphatic carbocycles. The molecular formula is C27H38N4O2. The number of nitrogens with two attached hydrogens (primary N) is 1. The average molecular weight is 451 g/mol. The van der Waals surface area contributed by atoms with Crippen molar-refractivity contribution in [2.75, 3.05) is 6.54 Å². The lowest BCUT2D eigenvalue weighted by atomic mass is 9.71. The number of amides is 2. The highest BCUT2D eigenvalue weighted by molar-refractivity contribution is 5.82. The summed E-state index contributed by atoms with van der Waals surface area (Å²) in [6, 6.07) is 15.2. The average Bonchev–Trinajstić information content (AvgIpc) is 2.83. The molecule has 1 saturated carbocycles. The van der Waals surface area contributed by atoms with E-state index in [0.29, 0.717) is 19.4 Å². The van der Waals surface area contributed by atoms with Crippen LogP contribution in [0.3, 0.4) is 0 Å². The van der Waals surface area contributed by atoms with Crippen molar-refractivity contribution in [1.82, 2.24) is 15.6 Å². The maximum Gasteiger partial charge on any atom is 0.237 e. The van der Waals surface area contributed by atoms with Crippen molar-refractivity contribution in [2.24, 2.45) is 17.1 Å². The van der Waals surface area contributed by atoms with Crippen LogP contribution >= 0.6 is 0 Å². The summed E-state index contributed by atoms with van der Waals surface area (Å²) in [5.41, 5.74) is 7.80. The van der Waals surface area contributed by atoms with Crippen molar-refractivity contribution >= 4 is 11.8 Å². The summed E-state index contributed by atoms with van der Waals surface area (Å²) < 4.78 is 0. The largest absolute Gasteiger partial charge is 0.354 e. The molecule has 0 aliphatic heterocycles. The molecule has 0 saturated heterocycles. The first-order valence-corrected chi connectivity index (χ1v) is 12.2. The van der Waals surface area contributed by atoms with E-state index < -0.39 is 6.04 Å². The van der Waals surface area contributed by atoms with Gasteiger partial charge in [-0.15, -0.1) is 0 Å². The molecule has 1 aromatic carbocycles. The van der Waals surface area contributed by atoms with Crippen LogP contribution in [0.4, 0.5) is 0 Å². The second-order valence-corrected chi connectivity index (χ2v) is 9.78. The summed E-state index contributed by atoms with van der Waals surface area (Å²) in [5, 5.41) is 6.32. The topological polar surface area (TPSA) is 97.1 Å². The van der Waals surface area contributed by atoms with E-state index in [9.17, 15) is 9.59 Å². The van der Waals surface area contributed by atoms with Crippen LogP contribution < -0.4 is 16.4 Å². The van der Waals surface area contributed by atoms with Gasteiger partial charge in [0, 0.05) is 31.3 Å². The molecule has 0 spiro atoms. The molecule has 1 fully saturated rings. The van der Waals surface area contributed by atoms with Crippen molar-refractivity contribution in [3.63, 3.8) is 0 Å². The normalized spacial score (nSPS) is 17.2. The first kappa shape index (κ1) is 24.9. The molecule has 178 valence electrons. The zero-order chi connectivity index (χ0) is 23.7. The van der Waals surface area contributed by atoms with E-state index in [1.807, 2.05) is 62.4 Å². The van der Waals surface area contributed by atoms with E-state index in [-0.39, 0.29) is 29.2 Å². The third kappa shape index (κ3) is 7.39. The number of carbonyl (C=O) groups excluding carboxylic acids is 2. The first-order valence-electron chi connectivity index (χ1n) is 12.2. The van der Waals surface area contributed by atoms with E-state index in [4.69, 9.17) is 5.73 Å². The van der Waals surface area contributed by atoms with Gasteiger partial charge in [0.05, 0.1) is 12.1 Å². The Morgan fingerprint density at radius 3 is 2.36 bits per heavy atom. The maximum atomic E-state index is 13.3. The second-order valence-electron chi connectivity index (χ2n) is 9.78. The molecule has 1 aliphatic rings. The van der Waals surface area contributed by atoms with Gasteiger partial charge >= 0.3 is 0 Å². The number of hydrogen-bond donors (Lipinski definition) is 3. The zero-order valence-corrected chi connectivity index (χ0v) is 19.9. The molecule has 2 aromatic rings. The molecule has 6 heteroatoms. The van der Waals surface area contributed by atoms with Crippen LogP contribution in [0.15, 0.2) is 54.7 Å². The number of pyridine rings is 1. The standard InChI is InChI=1S/C27H38N4O2/c1-20(2)25(28)26(33)30-19-27(14-8-4-9-15-27)18-24(32)31-23(21-11-5-3-6-12-21)17-22-13-7-10-16-29-22/h3,5-7,10-13,16,20,23,25H,4,8-9,14-15,17-19,28H2,1-2H3,(H,30,33)(H,31,32)/t23?,25-/m0/s1. The van der Waals surface area contributed by atoms with Gasteiger partial charge in [0.1, 0.15) is 0 Å². The molecule has 0 bridgehead atoms. The predicted molar refractivity (Wildman–Crippen MR) is 131 cm³/mol. The Hall–Kier alpha value is -2.73. The second kappa shape index (κ2) is 11.9. The van der Waals surface area contributed by atoms with Crippen LogP contribution in [-0.2, 0) is 16.0 Å². The number of carbonyl (C=O) groups is 2. The minimum absolute atomic E-state index is 0.0177. The zero-order valence-electron chi connectivity index (χ0n) is 19.9. The van der Waals surface area contributed by atoms with Crippen LogP contribution in [0.1, 0.15) is 69.7 Å². The van der Waals surface area contributed by atoms with Gasteiger partial charge in [0.15, 0.2) is 0 Å². The van der Waals surface area contributed by atoms with Gasteiger partial charge in [-0.3, -0.25) is 14.6 Å². The molecule has 1 aromatic heterocycles. The Kier molecular flexibility index (Phi) is 9.01.